The Morgan fingerprint density at radius 3 is 1.95 bits per heavy atom. The van der Waals surface area contributed by atoms with Gasteiger partial charge in [0.1, 0.15) is 0 Å². The van der Waals surface area contributed by atoms with Gasteiger partial charge in [-0.25, -0.2) is 14.5 Å². The molecule has 7 nitrogen and oxygen atoms in total. The summed E-state index contributed by atoms with van der Waals surface area (Å²) in [6, 6.07) is 30.0. The number of carbonyl (C=O) groups is 2. The zero-order valence-corrected chi connectivity index (χ0v) is 23.7. The van der Waals surface area contributed by atoms with Gasteiger partial charge in [-0.05, 0) is 56.7 Å². The highest BCUT2D eigenvalue weighted by Crippen LogP contribution is 2.39. The fourth-order valence-electron chi connectivity index (χ4n) is 5.17. The molecule has 2 heterocycles. The summed E-state index contributed by atoms with van der Waals surface area (Å²) < 4.78 is 1.85. The molecule has 0 spiro atoms. The summed E-state index contributed by atoms with van der Waals surface area (Å²) in [4.78, 5) is 25.7. The van der Waals surface area contributed by atoms with Crippen molar-refractivity contribution in [3.8, 4) is 16.9 Å². The SMILES string of the molecule is Cc1ccc(C2=NN(C(=O)c3cccc(C(=O)O)c3)C(c3cn(-c4ccc(C)cc4)nc3-c3ccc(C)cc3)C2)cc1. The first-order valence-corrected chi connectivity index (χ1v) is 13.8. The van der Waals surface area contributed by atoms with Gasteiger partial charge in [0.05, 0.1) is 28.7 Å². The van der Waals surface area contributed by atoms with Crippen LogP contribution in [0.2, 0.25) is 0 Å². The van der Waals surface area contributed by atoms with E-state index in [1.807, 2.05) is 104 Å². The minimum absolute atomic E-state index is 0.0480. The molecule has 1 aliphatic rings. The molecule has 1 amide bonds. The number of aromatic carboxylic acids is 1. The Labute approximate surface area is 244 Å². The number of carboxylic acids is 1. The topological polar surface area (TPSA) is 87.8 Å². The maximum atomic E-state index is 14.0. The van der Waals surface area contributed by atoms with Crippen LogP contribution < -0.4 is 0 Å². The third-order valence-electron chi connectivity index (χ3n) is 7.58. The van der Waals surface area contributed by atoms with Crippen LogP contribution in [0.3, 0.4) is 0 Å². The van der Waals surface area contributed by atoms with Crippen LogP contribution in [-0.4, -0.2) is 37.5 Å². The molecule has 0 saturated carbocycles. The predicted molar refractivity (Wildman–Crippen MR) is 163 cm³/mol. The Kier molecular flexibility index (Phi) is 7.00. The van der Waals surface area contributed by atoms with Crippen molar-refractivity contribution in [2.24, 2.45) is 5.10 Å². The Hall–Kier alpha value is -5.30. The van der Waals surface area contributed by atoms with E-state index in [0.29, 0.717) is 6.42 Å². The van der Waals surface area contributed by atoms with Gasteiger partial charge in [-0.15, -0.1) is 0 Å². The molecule has 0 aliphatic carbocycles. The summed E-state index contributed by atoms with van der Waals surface area (Å²) in [6.45, 7) is 6.11. The zero-order chi connectivity index (χ0) is 29.4. The van der Waals surface area contributed by atoms with Gasteiger partial charge in [0.25, 0.3) is 5.91 Å². The highest BCUT2D eigenvalue weighted by Gasteiger charge is 2.37. The largest absolute Gasteiger partial charge is 0.478 e. The minimum atomic E-state index is -1.09. The fourth-order valence-corrected chi connectivity index (χ4v) is 5.17. The molecule has 5 aromatic rings. The van der Waals surface area contributed by atoms with Crippen LogP contribution in [0.25, 0.3) is 16.9 Å². The minimum Gasteiger partial charge on any atom is -0.478 e. The zero-order valence-electron chi connectivity index (χ0n) is 23.7. The van der Waals surface area contributed by atoms with E-state index < -0.39 is 12.0 Å². The molecule has 1 N–H and O–H groups in total. The van der Waals surface area contributed by atoms with Gasteiger partial charge in [-0.1, -0.05) is 83.4 Å². The Morgan fingerprint density at radius 2 is 1.33 bits per heavy atom. The number of hydrogen-bond donors (Lipinski definition) is 1. The molecule has 0 fully saturated rings. The van der Waals surface area contributed by atoms with Crippen molar-refractivity contribution in [3.05, 3.63) is 142 Å². The second kappa shape index (κ2) is 10.9. The molecule has 6 rings (SSSR count). The molecule has 7 heteroatoms. The normalized spacial score (nSPS) is 14.6. The van der Waals surface area contributed by atoms with Crippen molar-refractivity contribution >= 4 is 17.6 Å². The maximum absolute atomic E-state index is 14.0. The van der Waals surface area contributed by atoms with E-state index in [1.54, 1.807) is 12.1 Å². The summed E-state index contributed by atoms with van der Waals surface area (Å²) in [5, 5.41) is 20.9. The van der Waals surface area contributed by atoms with E-state index in [9.17, 15) is 14.7 Å². The number of aromatic nitrogens is 2. The van der Waals surface area contributed by atoms with Crippen molar-refractivity contribution in [2.75, 3.05) is 0 Å². The van der Waals surface area contributed by atoms with Gasteiger partial charge in [-0.2, -0.15) is 10.2 Å². The fraction of sp³-hybridized carbons (Fsp3) is 0.143. The second-order valence-electron chi connectivity index (χ2n) is 10.7. The van der Waals surface area contributed by atoms with Crippen molar-refractivity contribution in [1.29, 1.82) is 0 Å². The molecular formula is C35H30N4O3. The van der Waals surface area contributed by atoms with Crippen molar-refractivity contribution in [3.63, 3.8) is 0 Å². The number of hydrogen-bond acceptors (Lipinski definition) is 4. The number of carbonyl (C=O) groups excluding carboxylic acids is 1. The lowest BCUT2D eigenvalue weighted by molar-refractivity contribution is 0.0697. The third-order valence-corrected chi connectivity index (χ3v) is 7.58. The van der Waals surface area contributed by atoms with Crippen molar-refractivity contribution in [1.82, 2.24) is 14.8 Å². The van der Waals surface area contributed by atoms with Crippen molar-refractivity contribution < 1.29 is 14.7 Å². The standard InChI is InChI=1S/C35H30N4O3/c1-22-7-13-25(14-8-22)31-20-32(39(36-31)34(40)27-5-4-6-28(19-27)35(41)42)30-21-38(29-17-11-24(3)12-18-29)37-33(30)26-15-9-23(2)10-16-26/h4-19,21,32H,20H2,1-3H3,(H,41,42). The van der Waals surface area contributed by atoms with Gasteiger partial charge in [0.2, 0.25) is 0 Å². The number of rotatable bonds is 6. The molecule has 0 saturated heterocycles. The van der Waals surface area contributed by atoms with Crippen molar-refractivity contribution in [2.45, 2.75) is 33.2 Å². The van der Waals surface area contributed by atoms with Gasteiger partial charge >= 0.3 is 5.97 Å². The van der Waals surface area contributed by atoms with E-state index in [-0.39, 0.29) is 17.0 Å². The summed E-state index contributed by atoms with van der Waals surface area (Å²) >= 11 is 0. The molecule has 4 aromatic carbocycles. The molecule has 0 radical (unpaired) electrons. The van der Waals surface area contributed by atoms with Gasteiger partial charge < -0.3 is 5.11 Å². The van der Waals surface area contributed by atoms with E-state index in [4.69, 9.17) is 10.2 Å². The quantitative estimate of drug-likeness (QED) is 0.241. The molecule has 0 bridgehead atoms. The lowest BCUT2D eigenvalue weighted by Gasteiger charge is -2.22. The smallest absolute Gasteiger partial charge is 0.335 e. The van der Waals surface area contributed by atoms with Crippen LogP contribution >= 0.6 is 0 Å². The summed E-state index contributed by atoms with van der Waals surface area (Å²) in [6.07, 6.45) is 2.46. The highest BCUT2D eigenvalue weighted by atomic mass is 16.4. The molecule has 1 aromatic heterocycles. The first-order valence-electron chi connectivity index (χ1n) is 13.8. The lowest BCUT2D eigenvalue weighted by Crippen LogP contribution is -2.27. The molecule has 208 valence electrons. The molecule has 1 atom stereocenters. The number of carboxylic acid groups (broad SMARTS) is 1. The maximum Gasteiger partial charge on any atom is 0.335 e. The number of aryl methyl sites for hydroxylation is 3. The molecular weight excluding hydrogens is 524 g/mol. The average Bonchev–Trinajstić information content (AvgIpc) is 3.63. The first-order chi connectivity index (χ1) is 20.3. The van der Waals surface area contributed by atoms with Crippen LogP contribution in [-0.2, 0) is 0 Å². The number of nitrogens with zero attached hydrogens (tertiary/aromatic N) is 4. The molecule has 1 aliphatic heterocycles. The van der Waals surface area contributed by atoms with E-state index >= 15 is 0 Å². The molecule has 42 heavy (non-hydrogen) atoms. The van der Waals surface area contributed by atoms with Crippen LogP contribution in [0.5, 0.6) is 0 Å². The summed E-state index contributed by atoms with van der Waals surface area (Å²) in [5.41, 5.74) is 8.90. The van der Waals surface area contributed by atoms with Crippen LogP contribution in [0.4, 0.5) is 0 Å². The van der Waals surface area contributed by atoms with Crippen LogP contribution in [0.15, 0.2) is 108 Å². The van der Waals surface area contributed by atoms with Crippen LogP contribution in [0, 0.1) is 20.8 Å². The van der Waals surface area contributed by atoms with E-state index in [0.717, 1.165) is 50.5 Å². The van der Waals surface area contributed by atoms with Crippen LogP contribution in [0.1, 0.15) is 61.0 Å². The predicted octanol–water partition coefficient (Wildman–Crippen LogP) is 7.15. The Balaban J connectivity index is 1.49. The average molecular weight is 555 g/mol. The van der Waals surface area contributed by atoms with Gasteiger partial charge in [-0.3, -0.25) is 4.79 Å². The number of hydrazone groups is 1. The Morgan fingerprint density at radius 1 is 0.762 bits per heavy atom. The first kappa shape index (κ1) is 26.9. The third kappa shape index (κ3) is 5.24. The monoisotopic (exact) mass is 554 g/mol. The second-order valence-corrected chi connectivity index (χ2v) is 10.7. The van der Waals surface area contributed by atoms with Gasteiger partial charge in [0.15, 0.2) is 0 Å². The molecule has 1 unspecified atom stereocenters. The van der Waals surface area contributed by atoms with E-state index in [2.05, 4.69) is 0 Å². The highest BCUT2D eigenvalue weighted by molar-refractivity contribution is 6.05. The Bertz CT molecular complexity index is 1820. The van der Waals surface area contributed by atoms with Gasteiger partial charge in [0, 0.05) is 29.3 Å². The number of amides is 1. The summed E-state index contributed by atoms with van der Waals surface area (Å²) in [7, 11) is 0. The summed E-state index contributed by atoms with van der Waals surface area (Å²) in [5.74, 6) is -1.46. The number of benzene rings is 4. The lowest BCUT2D eigenvalue weighted by atomic mass is 9.95. The van der Waals surface area contributed by atoms with E-state index in [1.165, 1.54) is 17.1 Å².